The maximum atomic E-state index is 11.8. The van der Waals surface area contributed by atoms with E-state index in [1.165, 1.54) is 0 Å². The number of nitrogens with one attached hydrogen (secondary N) is 2. The molecular weight excluding hydrogens is 214 g/mol. The highest BCUT2D eigenvalue weighted by atomic mass is 16.2. The molecule has 0 aliphatic rings. The predicted molar refractivity (Wildman–Crippen MR) is 71.0 cm³/mol. The van der Waals surface area contributed by atoms with E-state index in [4.69, 9.17) is 0 Å². The first-order chi connectivity index (χ1) is 8.04. The number of hydrogen-bond acceptors (Lipinski definition) is 3. The highest BCUT2D eigenvalue weighted by Crippen LogP contribution is 2.16. The Morgan fingerprint density at radius 2 is 2.00 bits per heavy atom. The second-order valence-electron chi connectivity index (χ2n) is 4.39. The van der Waals surface area contributed by atoms with Gasteiger partial charge >= 0.3 is 0 Å². The molecule has 0 aliphatic carbocycles. The van der Waals surface area contributed by atoms with Crippen LogP contribution in [0.2, 0.25) is 0 Å². The molecule has 0 heterocycles. The largest absolute Gasteiger partial charge is 0.324 e. The van der Waals surface area contributed by atoms with E-state index in [9.17, 15) is 4.79 Å². The summed E-state index contributed by atoms with van der Waals surface area (Å²) >= 11 is 0. The Morgan fingerprint density at radius 1 is 1.35 bits per heavy atom. The number of benzene rings is 1. The third-order valence-electron chi connectivity index (χ3n) is 2.59. The van der Waals surface area contributed by atoms with Crippen LogP contribution in [0.5, 0.6) is 0 Å². The fraction of sp³-hybridized carbons (Fsp3) is 0.462. The Morgan fingerprint density at radius 3 is 2.59 bits per heavy atom. The van der Waals surface area contributed by atoms with Gasteiger partial charge in [0.15, 0.2) is 0 Å². The molecule has 1 aromatic carbocycles. The zero-order valence-corrected chi connectivity index (χ0v) is 10.9. The molecule has 0 spiro atoms. The van der Waals surface area contributed by atoms with Crippen molar-refractivity contribution >= 4 is 11.6 Å². The monoisotopic (exact) mass is 235 g/mol. The summed E-state index contributed by atoms with van der Waals surface area (Å²) in [5.74, 6) is -0.0151. The maximum Gasteiger partial charge on any atom is 0.241 e. The zero-order valence-electron chi connectivity index (χ0n) is 10.9. The van der Waals surface area contributed by atoms with E-state index in [2.05, 4.69) is 15.5 Å². The van der Waals surface area contributed by atoms with Crippen LogP contribution in [0.4, 0.5) is 5.69 Å². The van der Waals surface area contributed by atoms with Gasteiger partial charge in [0.25, 0.3) is 0 Å². The first-order valence-electron chi connectivity index (χ1n) is 5.75. The minimum atomic E-state index is -0.192. The lowest BCUT2D eigenvalue weighted by Crippen LogP contribution is -2.35. The van der Waals surface area contributed by atoms with Crippen LogP contribution in [-0.2, 0) is 11.3 Å². The van der Waals surface area contributed by atoms with Crippen LogP contribution in [-0.4, -0.2) is 38.0 Å². The molecule has 1 amide bonds. The summed E-state index contributed by atoms with van der Waals surface area (Å²) in [6, 6.07) is 7.68. The highest BCUT2D eigenvalue weighted by molar-refractivity contribution is 5.95. The third kappa shape index (κ3) is 4.17. The van der Waals surface area contributed by atoms with Gasteiger partial charge in [-0.15, -0.1) is 0 Å². The minimum absolute atomic E-state index is 0.0151. The van der Waals surface area contributed by atoms with Crippen molar-refractivity contribution in [1.82, 2.24) is 10.2 Å². The number of carbonyl (C=O) groups excluding carboxylic acids is 1. The van der Waals surface area contributed by atoms with Gasteiger partial charge in [0.1, 0.15) is 0 Å². The maximum absolute atomic E-state index is 11.8. The molecule has 0 aromatic heterocycles. The smallest absolute Gasteiger partial charge is 0.241 e. The normalized spacial score (nSPS) is 12.5. The summed E-state index contributed by atoms with van der Waals surface area (Å²) in [6.45, 7) is 2.65. The van der Waals surface area contributed by atoms with Crippen molar-refractivity contribution < 1.29 is 4.79 Å². The zero-order chi connectivity index (χ0) is 12.8. The number of hydrogen-bond donors (Lipinski definition) is 2. The van der Waals surface area contributed by atoms with Crippen LogP contribution >= 0.6 is 0 Å². The molecule has 0 saturated carbocycles. The number of nitrogens with zero attached hydrogens (tertiary/aromatic N) is 1. The molecule has 17 heavy (non-hydrogen) atoms. The van der Waals surface area contributed by atoms with Crippen molar-refractivity contribution in [3.8, 4) is 0 Å². The topological polar surface area (TPSA) is 44.4 Å². The van der Waals surface area contributed by atoms with Crippen molar-refractivity contribution in [1.29, 1.82) is 0 Å². The molecule has 1 aromatic rings. The van der Waals surface area contributed by atoms with E-state index in [1.807, 2.05) is 45.3 Å². The van der Waals surface area contributed by atoms with E-state index < -0.39 is 0 Å². The van der Waals surface area contributed by atoms with E-state index in [0.717, 1.165) is 17.8 Å². The van der Waals surface area contributed by atoms with Gasteiger partial charge < -0.3 is 15.5 Å². The first kappa shape index (κ1) is 13.7. The van der Waals surface area contributed by atoms with Gasteiger partial charge in [-0.3, -0.25) is 4.79 Å². The van der Waals surface area contributed by atoms with E-state index in [-0.39, 0.29) is 11.9 Å². The van der Waals surface area contributed by atoms with Gasteiger partial charge in [-0.05, 0) is 39.7 Å². The second kappa shape index (κ2) is 6.37. The highest BCUT2D eigenvalue weighted by Gasteiger charge is 2.12. The molecule has 4 nitrogen and oxygen atoms in total. The standard InChI is InChI=1S/C13H21N3O/c1-10(14-2)13(17)15-12-8-6-5-7-11(12)9-16(3)4/h5-8,10,14H,9H2,1-4H3,(H,15,17). The quantitative estimate of drug-likeness (QED) is 0.808. The SMILES string of the molecule is CNC(C)C(=O)Nc1ccccc1CN(C)C. The minimum Gasteiger partial charge on any atom is -0.324 e. The fourth-order valence-corrected chi connectivity index (χ4v) is 1.49. The van der Waals surface area contributed by atoms with Crippen LogP contribution in [0.25, 0.3) is 0 Å². The number of rotatable bonds is 5. The van der Waals surface area contributed by atoms with Crippen molar-refractivity contribution in [2.45, 2.75) is 19.5 Å². The molecule has 0 saturated heterocycles. The molecule has 2 N–H and O–H groups in total. The fourth-order valence-electron chi connectivity index (χ4n) is 1.49. The molecular formula is C13H21N3O. The predicted octanol–water partition coefficient (Wildman–Crippen LogP) is 1.29. The van der Waals surface area contributed by atoms with Gasteiger partial charge in [0, 0.05) is 12.2 Å². The Bertz CT molecular complexity index is 377. The van der Waals surface area contributed by atoms with Gasteiger partial charge in [0.2, 0.25) is 5.91 Å². The Labute approximate surface area is 103 Å². The molecule has 0 fully saturated rings. The van der Waals surface area contributed by atoms with Crippen LogP contribution in [0.3, 0.4) is 0 Å². The average Bonchev–Trinajstić information content (AvgIpc) is 2.29. The summed E-state index contributed by atoms with van der Waals surface area (Å²) in [5.41, 5.74) is 2.00. The van der Waals surface area contributed by atoms with Crippen molar-refractivity contribution in [2.75, 3.05) is 26.5 Å². The average molecular weight is 235 g/mol. The van der Waals surface area contributed by atoms with Crippen LogP contribution in [0.15, 0.2) is 24.3 Å². The third-order valence-corrected chi connectivity index (χ3v) is 2.59. The molecule has 0 bridgehead atoms. The van der Waals surface area contributed by atoms with Crippen LogP contribution < -0.4 is 10.6 Å². The molecule has 0 radical (unpaired) electrons. The summed E-state index contributed by atoms with van der Waals surface area (Å²) in [5, 5.41) is 5.86. The number of para-hydroxylation sites is 1. The number of likely N-dealkylation sites (N-methyl/N-ethyl adjacent to an activating group) is 1. The Hall–Kier alpha value is -1.39. The molecule has 1 atom stereocenters. The Kier molecular flexibility index (Phi) is 5.12. The van der Waals surface area contributed by atoms with E-state index in [0.29, 0.717) is 0 Å². The molecule has 0 aliphatic heterocycles. The molecule has 1 rings (SSSR count). The summed E-state index contributed by atoms with van der Waals surface area (Å²) in [4.78, 5) is 13.9. The van der Waals surface area contributed by atoms with E-state index >= 15 is 0 Å². The van der Waals surface area contributed by atoms with Gasteiger partial charge in [-0.2, -0.15) is 0 Å². The number of anilines is 1. The lowest BCUT2D eigenvalue weighted by atomic mass is 10.1. The number of carbonyl (C=O) groups is 1. The summed E-state index contributed by atoms with van der Waals surface area (Å²) in [6.07, 6.45) is 0. The lowest BCUT2D eigenvalue weighted by molar-refractivity contribution is -0.117. The van der Waals surface area contributed by atoms with Crippen molar-refractivity contribution in [2.24, 2.45) is 0 Å². The summed E-state index contributed by atoms with van der Waals surface area (Å²) < 4.78 is 0. The van der Waals surface area contributed by atoms with Crippen LogP contribution in [0.1, 0.15) is 12.5 Å². The van der Waals surface area contributed by atoms with Crippen LogP contribution in [0, 0.1) is 0 Å². The molecule has 94 valence electrons. The van der Waals surface area contributed by atoms with Crippen molar-refractivity contribution in [3.05, 3.63) is 29.8 Å². The molecule has 4 heteroatoms. The van der Waals surface area contributed by atoms with E-state index in [1.54, 1.807) is 7.05 Å². The van der Waals surface area contributed by atoms with Gasteiger partial charge in [-0.1, -0.05) is 18.2 Å². The van der Waals surface area contributed by atoms with Gasteiger partial charge in [-0.25, -0.2) is 0 Å². The van der Waals surface area contributed by atoms with Crippen molar-refractivity contribution in [3.63, 3.8) is 0 Å². The Balaban J connectivity index is 2.79. The molecule has 1 unspecified atom stereocenters. The second-order valence-corrected chi connectivity index (χ2v) is 4.39. The summed E-state index contributed by atoms with van der Waals surface area (Å²) in [7, 11) is 5.79. The van der Waals surface area contributed by atoms with Gasteiger partial charge in [0.05, 0.1) is 6.04 Å². The lowest BCUT2D eigenvalue weighted by Gasteiger charge is -2.16. The number of amides is 1. The first-order valence-corrected chi connectivity index (χ1v) is 5.75.